The Hall–Kier alpha value is -1.02. The summed E-state index contributed by atoms with van der Waals surface area (Å²) >= 11 is 0. The maximum Gasteiger partial charge on any atom is 0.119 e. The Morgan fingerprint density at radius 3 is 2.38 bits per heavy atom. The number of piperidine rings is 1. The van der Waals surface area contributed by atoms with E-state index in [1.54, 1.807) is 0 Å². The second-order valence-electron chi connectivity index (χ2n) is 4.41. The van der Waals surface area contributed by atoms with E-state index in [0.29, 0.717) is 0 Å². The average molecular weight is 219 g/mol. The molecule has 2 rings (SSSR count). The minimum atomic E-state index is 0.742. The van der Waals surface area contributed by atoms with Gasteiger partial charge in [0, 0.05) is 6.54 Å². The van der Waals surface area contributed by atoms with E-state index < -0.39 is 0 Å². The van der Waals surface area contributed by atoms with Crippen molar-refractivity contribution >= 4 is 0 Å². The number of likely N-dealkylation sites (tertiary alicyclic amines) is 1. The molecule has 0 bridgehead atoms. The van der Waals surface area contributed by atoms with Crippen molar-refractivity contribution in [2.75, 3.05) is 19.7 Å². The first-order valence-electron chi connectivity index (χ1n) is 6.32. The molecular weight excluding hydrogens is 198 g/mol. The van der Waals surface area contributed by atoms with Gasteiger partial charge in [-0.25, -0.2) is 0 Å². The fraction of sp³-hybridized carbons (Fsp3) is 0.571. The zero-order valence-electron chi connectivity index (χ0n) is 10.1. The third-order valence-electron chi connectivity index (χ3n) is 3.09. The van der Waals surface area contributed by atoms with Crippen LogP contribution in [0.4, 0.5) is 0 Å². The van der Waals surface area contributed by atoms with Gasteiger partial charge in [0.1, 0.15) is 5.75 Å². The van der Waals surface area contributed by atoms with Gasteiger partial charge in [-0.3, -0.25) is 4.90 Å². The Balaban J connectivity index is 1.88. The van der Waals surface area contributed by atoms with Gasteiger partial charge in [0.25, 0.3) is 0 Å². The zero-order chi connectivity index (χ0) is 11.2. The molecule has 16 heavy (non-hydrogen) atoms. The number of rotatable bonds is 4. The van der Waals surface area contributed by atoms with Gasteiger partial charge in [0.05, 0.1) is 6.61 Å². The van der Waals surface area contributed by atoms with Gasteiger partial charge in [0.15, 0.2) is 0 Å². The van der Waals surface area contributed by atoms with Crippen molar-refractivity contribution in [3.63, 3.8) is 0 Å². The summed E-state index contributed by atoms with van der Waals surface area (Å²) in [4.78, 5) is 2.54. The lowest BCUT2D eigenvalue weighted by atomic mass is 10.1. The first kappa shape index (κ1) is 11.5. The molecule has 0 unspecified atom stereocenters. The normalized spacial score (nSPS) is 17.3. The molecule has 0 amide bonds. The first-order valence-corrected chi connectivity index (χ1v) is 6.32. The van der Waals surface area contributed by atoms with Crippen LogP contribution in [0.15, 0.2) is 24.3 Å². The highest BCUT2D eigenvalue weighted by Crippen LogP contribution is 2.16. The quantitative estimate of drug-likeness (QED) is 0.771. The summed E-state index contributed by atoms with van der Waals surface area (Å²) in [5.74, 6) is 0.977. The third kappa shape index (κ3) is 3.24. The Labute approximate surface area is 98.2 Å². The fourth-order valence-electron chi connectivity index (χ4n) is 2.23. The van der Waals surface area contributed by atoms with Gasteiger partial charge >= 0.3 is 0 Å². The topological polar surface area (TPSA) is 12.5 Å². The van der Waals surface area contributed by atoms with Gasteiger partial charge in [-0.05, 0) is 50.6 Å². The number of nitrogens with zero attached hydrogens (tertiary/aromatic N) is 1. The van der Waals surface area contributed by atoms with E-state index in [1.165, 1.54) is 37.9 Å². The Morgan fingerprint density at radius 1 is 1.06 bits per heavy atom. The molecule has 2 heteroatoms. The van der Waals surface area contributed by atoms with Crippen molar-refractivity contribution in [2.45, 2.75) is 32.7 Å². The molecule has 1 aromatic carbocycles. The van der Waals surface area contributed by atoms with E-state index in [9.17, 15) is 0 Å². The SMILES string of the molecule is CCOc1ccc(CN2CCCCC2)cc1. The smallest absolute Gasteiger partial charge is 0.119 e. The molecule has 0 N–H and O–H groups in total. The molecule has 88 valence electrons. The maximum absolute atomic E-state index is 5.44. The van der Waals surface area contributed by atoms with Gasteiger partial charge in [-0.15, -0.1) is 0 Å². The molecule has 1 aromatic rings. The summed E-state index contributed by atoms with van der Waals surface area (Å²) in [6.45, 7) is 6.36. The monoisotopic (exact) mass is 219 g/mol. The summed E-state index contributed by atoms with van der Waals surface area (Å²) in [6.07, 6.45) is 4.12. The Morgan fingerprint density at radius 2 is 1.75 bits per heavy atom. The summed E-state index contributed by atoms with van der Waals surface area (Å²) in [6, 6.07) is 8.50. The van der Waals surface area contributed by atoms with E-state index in [1.807, 2.05) is 6.92 Å². The van der Waals surface area contributed by atoms with E-state index in [2.05, 4.69) is 29.2 Å². The van der Waals surface area contributed by atoms with E-state index in [-0.39, 0.29) is 0 Å². The second-order valence-corrected chi connectivity index (χ2v) is 4.41. The van der Waals surface area contributed by atoms with Crippen LogP contribution < -0.4 is 4.74 Å². The molecule has 1 fully saturated rings. The summed E-state index contributed by atoms with van der Waals surface area (Å²) in [5.41, 5.74) is 1.39. The molecule has 0 atom stereocenters. The highest BCUT2D eigenvalue weighted by atomic mass is 16.5. The second kappa shape index (κ2) is 5.90. The lowest BCUT2D eigenvalue weighted by Crippen LogP contribution is -2.28. The number of hydrogen-bond donors (Lipinski definition) is 0. The zero-order valence-corrected chi connectivity index (χ0v) is 10.1. The van der Waals surface area contributed by atoms with Crippen molar-refractivity contribution in [1.29, 1.82) is 0 Å². The number of benzene rings is 1. The van der Waals surface area contributed by atoms with Crippen LogP contribution in [-0.2, 0) is 6.54 Å². The van der Waals surface area contributed by atoms with Gasteiger partial charge in [-0.1, -0.05) is 18.6 Å². The maximum atomic E-state index is 5.44. The van der Waals surface area contributed by atoms with Gasteiger partial charge in [0.2, 0.25) is 0 Å². The van der Waals surface area contributed by atoms with Gasteiger partial charge < -0.3 is 4.74 Å². The number of ether oxygens (including phenoxy) is 1. The molecule has 0 saturated carbocycles. The van der Waals surface area contributed by atoms with Crippen LogP contribution in [0.1, 0.15) is 31.7 Å². The molecule has 1 heterocycles. The molecule has 0 aliphatic carbocycles. The largest absolute Gasteiger partial charge is 0.494 e. The van der Waals surface area contributed by atoms with Crippen LogP contribution >= 0.6 is 0 Å². The Kier molecular flexibility index (Phi) is 4.23. The minimum absolute atomic E-state index is 0.742. The molecular formula is C14H21NO. The number of hydrogen-bond acceptors (Lipinski definition) is 2. The van der Waals surface area contributed by atoms with E-state index in [0.717, 1.165) is 18.9 Å². The fourth-order valence-corrected chi connectivity index (χ4v) is 2.23. The van der Waals surface area contributed by atoms with Gasteiger partial charge in [-0.2, -0.15) is 0 Å². The molecule has 0 aromatic heterocycles. The van der Waals surface area contributed by atoms with Crippen LogP contribution in [-0.4, -0.2) is 24.6 Å². The van der Waals surface area contributed by atoms with Crippen molar-refractivity contribution in [3.05, 3.63) is 29.8 Å². The highest BCUT2D eigenvalue weighted by molar-refractivity contribution is 5.27. The minimum Gasteiger partial charge on any atom is -0.494 e. The third-order valence-corrected chi connectivity index (χ3v) is 3.09. The molecule has 1 saturated heterocycles. The van der Waals surface area contributed by atoms with Crippen LogP contribution in [0, 0.1) is 0 Å². The molecule has 1 aliphatic heterocycles. The lowest BCUT2D eigenvalue weighted by Gasteiger charge is -2.26. The van der Waals surface area contributed by atoms with Crippen molar-refractivity contribution in [3.8, 4) is 5.75 Å². The van der Waals surface area contributed by atoms with E-state index in [4.69, 9.17) is 4.74 Å². The first-order chi connectivity index (χ1) is 7.88. The molecule has 2 nitrogen and oxygen atoms in total. The van der Waals surface area contributed by atoms with Crippen molar-refractivity contribution < 1.29 is 4.74 Å². The summed E-state index contributed by atoms with van der Waals surface area (Å²) in [7, 11) is 0. The predicted octanol–water partition coefficient (Wildman–Crippen LogP) is 3.07. The molecule has 0 radical (unpaired) electrons. The molecule has 0 spiro atoms. The standard InChI is InChI=1S/C14H21NO/c1-2-16-14-8-6-13(7-9-14)12-15-10-4-3-5-11-15/h6-9H,2-5,10-12H2,1H3. The summed E-state index contributed by atoms with van der Waals surface area (Å²) < 4.78 is 5.44. The van der Waals surface area contributed by atoms with Crippen LogP contribution in [0.25, 0.3) is 0 Å². The lowest BCUT2D eigenvalue weighted by molar-refractivity contribution is 0.221. The van der Waals surface area contributed by atoms with Crippen LogP contribution in [0.2, 0.25) is 0 Å². The average Bonchev–Trinajstić information content (AvgIpc) is 2.33. The Bertz CT molecular complexity index is 301. The van der Waals surface area contributed by atoms with E-state index >= 15 is 0 Å². The summed E-state index contributed by atoms with van der Waals surface area (Å²) in [5, 5.41) is 0. The van der Waals surface area contributed by atoms with Crippen LogP contribution in [0.3, 0.4) is 0 Å². The van der Waals surface area contributed by atoms with Crippen molar-refractivity contribution in [1.82, 2.24) is 4.90 Å². The van der Waals surface area contributed by atoms with Crippen molar-refractivity contribution in [2.24, 2.45) is 0 Å². The predicted molar refractivity (Wildman–Crippen MR) is 66.7 cm³/mol. The molecule has 1 aliphatic rings. The van der Waals surface area contributed by atoms with Crippen LogP contribution in [0.5, 0.6) is 5.75 Å². The highest BCUT2D eigenvalue weighted by Gasteiger charge is 2.09.